The maximum Gasteiger partial charge on any atom is 0.229 e. The summed E-state index contributed by atoms with van der Waals surface area (Å²) in [7, 11) is 3.88. The van der Waals surface area contributed by atoms with Gasteiger partial charge in [0.1, 0.15) is 11.6 Å². The average molecular weight is 469 g/mol. The highest BCUT2D eigenvalue weighted by molar-refractivity contribution is 5.74. The second kappa shape index (κ2) is 9.80. The predicted octanol–water partition coefficient (Wildman–Crippen LogP) is 4.84. The number of anilines is 4. The molecule has 0 atom stereocenters. The molecule has 1 fully saturated rings. The van der Waals surface area contributed by atoms with E-state index in [-0.39, 0.29) is 0 Å². The van der Waals surface area contributed by atoms with Crippen LogP contribution in [0.15, 0.2) is 67.0 Å². The van der Waals surface area contributed by atoms with Gasteiger partial charge in [-0.2, -0.15) is 4.98 Å². The number of fused-ring (bicyclic) bond motifs is 1. The molecule has 2 aliphatic heterocycles. The summed E-state index contributed by atoms with van der Waals surface area (Å²) in [6.45, 7) is 11.3. The summed E-state index contributed by atoms with van der Waals surface area (Å²) in [5, 5.41) is 3.37. The second-order valence-electron chi connectivity index (χ2n) is 9.10. The van der Waals surface area contributed by atoms with Crippen molar-refractivity contribution < 1.29 is 4.74 Å². The van der Waals surface area contributed by atoms with E-state index in [1.54, 1.807) is 7.11 Å². The molecule has 5 rings (SSSR count). The molecular formula is C28H32N6O. The Hall–Kier alpha value is -3.84. The van der Waals surface area contributed by atoms with Gasteiger partial charge in [-0.15, -0.1) is 0 Å². The molecule has 1 saturated heterocycles. The SMILES string of the molecule is C=C1C=Cc2cnc(Nc3ccc(N4CCN(C)CC4)cc3)nc2N1Cc1c(C)cccc1OC. The number of rotatable bonds is 6. The number of likely N-dealkylation sites (N-methyl/N-ethyl adjacent to an activating group) is 1. The Morgan fingerprint density at radius 3 is 2.54 bits per heavy atom. The molecule has 0 saturated carbocycles. The highest BCUT2D eigenvalue weighted by Crippen LogP contribution is 2.33. The smallest absolute Gasteiger partial charge is 0.229 e. The van der Waals surface area contributed by atoms with Crippen LogP contribution in [0.2, 0.25) is 0 Å². The Labute approximate surface area is 207 Å². The van der Waals surface area contributed by atoms with Crippen molar-refractivity contribution in [2.75, 3.05) is 55.5 Å². The first kappa shape index (κ1) is 22.9. The molecule has 3 heterocycles. The van der Waals surface area contributed by atoms with Crippen LogP contribution in [0, 0.1) is 6.92 Å². The monoisotopic (exact) mass is 468 g/mol. The van der Waals surface area contributed by atoms with Crippen molar-refractivity contribution in [2.24, 2.45) is 0 Å². The van der Waals surface area contributed by atoms with Gasteiger partial charge in [0, 0.05) is 60.6 Å². The standard InChI is InChI=1S/C28H32N6O/c1-20-6-5-7-26(35-4)25(20)19-34-21(2)8-9-22-18-29-28(31-27(22)34)30-23-10-12-24(13-11-23)33-16-14-32(3)15-17-33/h5-13,18H,2,14-17,19H2,1,3-4H3,(H,29,30,31). The fraction of sp³-hybridized carbons (Fsp3) is 0.286. The van der Waals surface area contributed by atoms with E-state index in [0.717, 1.165) is 60.3 Å². The van der Waals surface area contributed by atoms with Crippen molar-refractivity contribution in [3.63, 3.8) is 0 Å². The first-order chi connectivity index (χ1) is 17.0. The number of benzene rings is 2. The Bertz CT molecular complexity index is 1240. The first-order valence-electron chi connectivity index (χ1n) is 12.0. The lowest BCUT2D eigenvalue weighted by molar-refractivity contribution is 0.313. The number of aryl methyl sites for hydroxylation is 1. The van der Waals surface area contributed by atoms with Crippen molar-refractivity contribution in [1.29, 1.82) is 0 Å². The maximum absolute atomic E-state index is 5.63. The summed E-state index contributed by atoms with van der Waals surface area (Å²) in [6.07, 6.45) is 5.87. The number of methoxy groups -OCH3 is 1. The summed E-state index contributed by atoms with van der Waals surface area (Å²) >= 11 is 0. The third kappa shape index (κ3) is 4.86. The molecule has 1 N–H and O–H groups in total. The maximum atomic E-state index is 5.63. The van der Waals surface area contributed by atoms with E-state index in [4.69, 9.17) is 9.72 Å². The molecule has 0 radical (unpaired) electrons. The number of nitrogens with zero attached hydrogens (tertiary/aromatic N) is 5. The summed E-state index contributed by atoms with van der Waals surface area (Å²) in [4.78, 5) is 16.3. The largest absolute Gasteiger partial charge is 0.496 e. The molecule has 1 aromatic heterocycles. The minimum absolute atomic E-state index is 0.556. The molecule has 180 valence electrons. The van der Waals surface area contributed by atoms with Crippen LogP contribution < -0.4 is 19.9 Å². The number of hydrogen-bond acceptors (Lipinski definition) is 7. The molecule has 0 aliphatic carbocycles. The van der Waals surface area contributed by atoms with Crippen molar-refractivity contribution in [3.8, 4) is 5.75 Å². The number of nitrogens with one attached hydrogen (secondary N) is 1. The lowest BCUT2D eigenvalue weighted by Crippen LogP contribution is -2.44. The van der Waals surface area contributed by atoms with Gasteiger partial charge in [0.2, 0.25) is 5.95 Å². The zero-order valence-corrected chi connectivity index (χ0v) is 20.7. The molecule has 0 bridgehead atoms. The molecule has 2 aromatic carbocycles. The van der Waals surface area contributed by atoms with Crippen molar-refractivity contribution in [1.82, 2.24) is 14.9 Å². The Kier molecular flexibility index (Phi) is 6.42. The van der Waals surface area contributed by atoms with E-state index in [1.807, 2.05) is 30.5 Å². The van der Waals surface area contributed by atoms with Gasteiger partial charge in [-0.1, -0.05) is 18.7 Å². The van der Waals surface area contributed by atoms with E-state index in [9.17, 15) is 0 Å². The lowest BCUT2D eigenvalue weighted by atomic mass is 10.1. The van der Waals surface area contributed by atoms with Crippen molar-refractivity contribution in [2.45, 2.75) is 13.5 Å². The number of hydrogen-bond donors (Lipinski definition) is 1. The predicted molar refractivity (Wildman–Crippen MR) is 144 cm³/mol. The summed E-state index contributed by atoms with van der Waals surface area (Å²) in [6, 6.07) is 14.6. The summed E-state index contributed by atoms with van der Waals surface area (Å²) in [5.74, 6) is 2.25. The van der Waals surface area contributed by atoms with Gasteiger partial charge in [-0.3, -0.25) is 0 Å². The van der Waals surface area contributed by atoms with Crippen LogP contribution in [-0.2, 0) is 6.54 Å². The molecular weight excluding hydrogens is 436 g/mol. The van der Waals surface area contributed by atoms with E-state index >= 15 is 0 Å². The quantitative estimate of drug-likeness (QED) is 0.556. The van der Waals surface area contributed by atoms with Crippen LogP contribution >= 0.6 is 0 Å². The summed E-state index contributed by atoms with van der Waals surface area (Å²) in [5.41, 5.74) is 6.32. The minimum atomic E-state index is 0.556. The van der Waals surface area contributed by atoms with Gasteiger partial charge in [-0.25, -0.2) is 4.98 Å². The van der Waals surface area contributed by atoms with Gasteiger partial charge in [-0.05, 0) is 62.0 Å². The number of piperazine rings is 1. The average Bonchev–Trinajstić information content (AvgIpc) is 2.87. The minimum Gasteiger partial charge on any atom is -0.496 e. The highest BCUT2D eigenvalue weighted by atomic mass is 16.5. The van der Waals surface area contributed by atoms with Crippen molar-refractivity contribution >= 4 is 29.2 Å². The molecule has 7 nitrogen and oxygen atoms in total. The van der Waals surface area contributed by atoms with Crippen molar-refractivity contribution in [3.05, 3.63) is 83.7 Å². The molecule has 3 aromatic rings. The molecule has 0 unspecified atom stereocenters. The van der Waals surface area contributed by atoms with E-state index in [1.165, 1.54) is 11.3 Å². The molecule has 35 heavy (non-hydrogen) atoms. The third-order valence-electron chi connectivity index (χ3n) is 6.75. The molecule has 0 amide bonds. The van der Waals surface area contributed by atoms with Gasteiger partial charge in [0.25, 0.3) is 0 Å². The zero-order valence-electron chi connectivity index (χ0n) is 20.7. The highest BCUT2D eigenvalue weighted by Gasteiger charge is 2.22. The van der Waals surface area contributed by atoms with Crippen LogP contribution in [0.4, 0.5) is 23.1 Å². The van der Waals surface area contributed by atoms with Crippen LogP contribution in [0.1, 0.15) is 16.7 Å². The van der Waals surface area contributed by atoms with Gasteiger partial charge >= 0.3 is 0 Å². The molecule has 7 heteroatoms. The fourth-order valence-corrected chi connectivity index (χ4v) is 4.54. The van der Waals surface area contributed by atoms with Crippen LogP contribution in [0.5, 0.6) is 5.75 Å². The molecule has 0 spiro atoms. The number of aromatic nitrogens is 2. The Morgan fingerprint density at radius 1 is 1.03 bits per heavy atom. The van der Waals surface area contributed by atoms with Gasteiger partial charge in [0.15, 0.2) is 0 Å². The topological polar surface area (TPSA) is 56.8 Å². The fourth-order valence-electron chi connectivity index (χ4n) is 4.54. The number of allylic oxidation sites excluding steroid dienone is 1. The van der Waals surface area contributed by atoms with E-state index in [0.29, 0.717) is 12.5 Å². The van der Waals surface area contributed by atoms with Crippen LogP contribution in [-0.4, -0.2) is 55.2 Å². The van der Waals surface area contributed by atoms with E-state index < -0.39 is 0 Å². The zero-order chi connectivity index (χ0) is 24.4. The third-order valence-corrected chi connectivity index (χ3v) is 6.75. The van der Waals surface area contributed by atoms with Gasteiger partial charge < -0.3 is 24.8 Å². The normalized spacial score (nSPS) is 15.8. The Balaban J connectivity index is 1.36. The number of ether oxygens (including phenoxy) is 1. The van der Waals surface area contributed by atoms with E-state index in [2.05, 4.69) is 75.9 Å². The van der Waals surface area contributed by atoms with Gasteiger partial charge in [0.05, 0.1) is 13.7 Å². The van der Waals surface area contributed by atoms with Crippen LogP contribution in [0.25, 0.3) is 6.08 Å². The first-order valence-corrected chi connectivity index (χ1v) is 12.0. The molecule has 2 aliphatic rings. The van der Waals surface area contributed by atoms with Crippen LogP contribution in [0.3, 0.4) is 0 Å². The summed E-state index contributed by atoms with van der Waals surface area (Å²) < 4.78 is 5.63. The second-order valence-corrected chi connectivity index (χ2v) is 9.10. The Morgan fingerprint density at radius 2 is 1.80 bits per heavy atom. The lowest BCUT2D eigenvalue weighted by Gasteiger charge is -2.34.